The van der Waals surface area contributed by atoms with Crippen molar-refractivity contribution < 1.29 is 4.42 Å². The Kier molecular flexibility index (Phi) is 3.55. The van der Waals surface area contributed by atoms with Crippen LogP contribution >= 0.6 is 0 Å². The number of anilines is 1. The van der Waals surface area contributed by atoms with Gasteiger partial charge >= 0.3 is 0 Å². The maximum absolute atomic E-state index is 12.0. The van der Waals surface area contributed by atoms with Gasteiger partial charge in [-0.15, -0.1) is 10.2 Å². The molecular weight excluding hydrogens is 270 g/mol. The van der Waals surface area contributed by atoms with Gasteiger partial charge in [0.15, 0.2) is 5.69 Å². The van der Waals surface area contributed by atoms with E-state index in [-0.39, 0.29) is 17.2 Å². The number of hydrogen-bond donors (Lipinski definition) is 2. The lowest BCUT2D eigenvalue weighted by Crippen LogP contribution is -2.15. The topological polar surface area (TPSA) is 96.2 Å². The molecule has 3 rings (SSSR count). The van der Waals surface area contributed by atoms with Crippen molar-refractivity contribution in [1.29, 1.82) is 0 Å². The number of H-pyrrole nitrogens is 1. The van der Waals surface area contributed by atoms with Crippen LogP contribution in [0, 0.1) is 0 Å². The molecule has 7 nitrogen and oxygen atoms in total. The summed E-state index contributed by atoms with van der Waals surface area (Å²) < 4.78 is 5.07. The Labute approximate surface area is 119 Å². The monoisotopic (exact) mass is 281 g/mol. The highest BCUT2D eigenvalue weighted by Crippen LogP contribution is 2.10. The van der Waals surface area contributed by atoms with Crippen LogP contribution in [0.4, 0.5) is 5.95 Å². The van der Waals surface area contributed by atoms with Gasteiger partial charge in [-0.1, -0.05) is 30.3 Å². The molecular formula is C14H11N5O2. The third-order valence-corrected chi connectivity index (χ3v) is 2.65. The number of furan rings is 1. The predicted octanol–water partition coefficient (Wildman–Crippen LogP) is 1.87. The maximum Gasteiger partial charge on any atom is 0.279 e. The average molecular weight is 281 g/mol. The summed E-state index contributed by atoms with van der Waals surface area (Å²) >= 11 is 0. The van der Waals surface area contributed by atoms with Crippen molar-refractivity contribution in [2.45, 2.75) is 0 Å². The van der Waals surface area contributed by atoms with E-state index in [0.717, 1.165) is 0 Å². The molecule has 2 heterocycles. The molecule has 2 aromatic heterocycles. The van der Waals surface area contributed by atoms with E-state index >= 15 is 0 Å². The smallest absolute Gasteiger partial charge is 0.279 e. The number of hydrogen-bond acceptors (Lipinski definition) is 6. The van der Waals surface area contributed by atoms with Gasteiger partial charge in [-0.05, 0) is 12.1 Å². The first-order valence-corrected chi connectivity index (χ1v) is 6.18. The second-order valence-electron chi connectivity index (χ2n) is 4.10. The summed E-state index contributed by atoms with van der Waals surface area (Å²) in [5.41, 5.74) is 3.21. The molecule has 0 fully saturated rings. The number of aromatic nitrogens is 3. The van der Waals surface area contributed by atoms with Crippen LogP contribution < -0.4 is 11.0 Å². The van der Waals surface area contributed by atoms with E-state index in [9.17, 15) is 4.79 Å². The van der Waals surface area contributed by atoms with Gasteiger partial charge < -0.3 is 4.42 Å². The molecule has 7 heteroatoms. The predicted molar refractivity (Wildman–Crippen MR) is 78.0 cm³/mol. The Bertz CT molecular complexity index is 794. The lowest BCUT2D eigenvalue weighted by molar-refractivity contribution is 0.560. The third kappa shape index (κ3) is 3.03. The molecule has 0 unspecified atom stereocenters. The number of rotatable bonds is 4. The van der Waals surface area contributed by atoms with Crippen molar-refractivity contribution in [3.05, 3.63) is 64.8 Å². The summed E-state index contributed by atoms with van der Waals surface area (Å²) in [6, 6.07) is 12.6. The summed E-state index contributed by atoms with van der Waals surface area (Å²) in [6.07, 6.45) is 3.00. The van der Waals surface area contributed by atoms with Gasteiger partial charge in [-0.2, -0.15) is 5.10 Å². The van der Waals surface area contributed by atoms with E-state index in [4.69, 9.17) is 4.42 Å². The van der Waals surface area contributed by atoms with Crippen molar-refractivity contribution in [3.8, 4) is 11.3 Å². The first-order valence-electron chi connectivity index (χ1n) is 6.18. The van der Waals surface area contributed by atoms with E-state index in [1.165, 1.54) is 12.5 Å². The average Bonchev–Trinajstić information content (AvgIpc) is 3.02. The molecule has 0 spiro atoms. The first-order chi connectivity index (χ1) is 10.3. The Hall–Kier alpha value is -3.22. The lowest BCUT2D eigenvalue weighted by atomic mass is 10.2. The van der Waals surface area contributed by atoms with Gasteiger partial charge in [-0.3, -0.25) is 9.78 Å². The second-order valence-corrected chi connectivity index (χ2v) is 4.10. The third-order valence-electron chi connectivity index (χ3n) is 2.65. The molecule has 104 valence electrons. The molecule has 21 heavy (non-hydrogen) atoms. The van der Waals surface area contributed by atoms with Gasteiger partial charge in [-0.25, -0.2) is 5.43 Å². The molecule has 0 atom stereocenters. The van der Waals surface area contributed by atoms with Crippen LogP contribution in [0.25, 0.3) is 11.3 Å². The van der Waals surface area contributed by atoms with Gasteiger partial charge in [0.25, 0.3) is 5.56 Å². The zero-order valence-corrected chi connectivity index (χ0v) is 10.9. The minimum absolute atomic E-state index is 0.155. The van der Waals surface area contributed by atoms with E-state index in [1.54, 1.807) is 24.3 Å². The molecule has 0 bridgehead atoms. The van der Waals surface area contributed by atoms with Crippen LogP contribution in [0.1, 0.15) is 5.76 Å². The molecule has 2 N–H and O–H groups in total. The highest BCUT2D eigenvalue weighted by molar-refractivity contribution is 5.76. The Morgan fingerprint density at radius 1 is 1.14 bits per heavy atom. The van der Waals surface area contributed by atoms with Crippen LogP contribution in [0.5, 0.6) is 0 Å². The summed E-state index contributed by atoms with van der Waals surface area (Å²) in [5.74, 6) is 0.737. The highest BCUT2D eigenvalue weighted by Gasteiger charge is 2.06. The van der Waals surface area contributed by atoms with Crippen LogP contribution in [0.2, 0.25) is 0 Å². The summed E-state index contributed by atoms with van der Waals surface area (Å²) in [5, 5.41) is 11.7. The van der Waals surface area contributed by atoms with Crippen molar-refractivity contribution in [2.75, 3.05) is 5.43 Å². The zero-order valence-electron chi connectivity index (χ0n) is 10.9. The van der Waals surface area contributed by atoms with Crippen molar-refractivity contribution in [2.24, 2.45) is 5.10 Å². The van der Waals surface area contributed by atoms with Gasteiger partial charge in [0.2, 0.25) is 5.95 Å². The minimum atomic E-state index is -0.341. The number of aromatic amines is 1. The quantitative estimate of drug-likeness (QED) is 0.562. The van der Waals surface area contributed by atoms with Crippen molar-refractivity contribution >= 4 is 12.2 Å². The zero-order chi connectivity index (χ0) is 14.5. The number of hydrazone groups is 1. The molecule has 0 aliphatic carbocycles. The molecule has 3 aromatic rings. The molecule has 0 aliphatic heterocycles. The SMILES string of the molecule is O=c1[nH]c(N/N=C\c2ccco2)nnc1-c1ccccc1. The minimum Gasteiger partial charge on any atom is -0.463 e. The highest BCUT2D eigenvalue weighted by atomic mass is 16.3. The van der Waals surface area contributed by atoms with Crippen molar-refractivity contribution in [1.82, 2.24) is 15.2 Å². The largest absolute Gasteiger partial charge is 0.463 e. The Morgan fingerprint density at radius 3 is 2.71 bits per heavy atom. The first kappa shape index (κ1) is 12.8. The Balaban J connectivity index is 1.77. The molecule has 0 aliphatic rings. The number of nitrogens with one attached hydrogen (secondary N) is 2. The van der Waals surface area contributed by atoms with Crippen LogP contribution in [0.3, 0.4) is 0 Å². The van der Waals surface area contributed by atoms with E-state index in [2.05, 4.69) is 25.7 Å². The van der Waals surface area contributed by atoms with Gasteiger partial charge in [0, 0.05) is 5.56 Å². The standard InChI is InChI=1S/C14H11N5O2/c20-13-12(10-5-2-1-3-6-10)17-19-14(16-13)18-15-9-11-7-4-8-21-11/h1-9H,(H2,16,18,19,20)/b15-9-. The fraction of sp³-hybridized carbons (Fsp3) is 0. The number of nitrogens with zero attached hydrogens (tertiary/aromatic N) is 3. The molecule has 0 radical (unpaired) electrons. The lowest BCUT2D eigenvalue weighted by Gasteiger charge is -2.00. The Morgan fingerprint density at radius 2 is 2.00 bits per heavy atom. The fourth-order valence-corrected chi connectivity index (χ4v) is 1.69. The fourth-order valence-electron chi connectivity index (χ4n) is 1.69. The van der Waals surface area contributed by atoms with Crippen LogP contribution in [-0.4, -0.2) is 21.4 Å². The summed E-state index contributed by atoms with van der Waals surface area (Å²) in [4.78, 5) is 14.5. The van der Waals surface area contributed by atoms with E-state index < -0.39 is 0 Å². The molecule has 0 amide bonds. The van der Waals surface area contributed by atoms with Crippen molar-refractivity contribution in [3.63, 3.8) is 0 Å². The molecule has 1 aromatic carbocycles. The van der Waals surface area contributed by atoms with E-state index in [0.29, 0.717) is 11.3 Å². The maximum atomic E-state index is 12.0. The van der Waals surface area contributed by atoms with Gasteiger partial charge in [0.1, 0.15) is 5.76 Å². The molecule has 0 saturated carbocycles. The normalized spacial score (nSPS) is 10.9. The molecule has 0 saturated heterocycles. The number of benzene rings is 1. The summed E-state index contributed by atoms with van der Waals surface area (Å²) in [6.45, 7) is 0. The van der Waals surface area contributed by atoms with Gasteiger partial charge in [0.05, 0.1) is 12.5 Å². The van der Waals surface area contributed by atoms with Crippen LogP contribution in [0.15, 0.2) is 63.0 Å². The van der Waals surface area contributed by atoms with E-state index in [1.807, 2.05) is 18.2 Å². The second kappa shape index (κ2) is 5.83. The van der Waals surface area contributed by atoms with Crippen LogP contribution in [-0.2, 0) is 0 Å². The summed E-state index contributed by atoms with van der Waals surface area (Å²) in [7, 11) is 0.